The zero-order valence-electron chi connectivity index (χ0n) is 11.5. The van der Waals surface area contributed by atoms with Crippen LogP contribution in [0.3, 0.4) is 0 Å². The number of nitrogens with zero attached hydrogens (tertiary/aromatic N) is 2. The van der Waals surface area contributed by atoms with Gasteiger partial charge in [-0.1, -0.05) is 19.0 Å². The van der Waals surface area contributed by atoms with E-state index in [1.165, 1.54) is 6.39 Å². The summed E-state index contributed by atoms with van der Waals surface area (Å²) in [6.45, 7) is 3.75. The second kappa shape index (κ2) is 5.92. The summed E-state index contributed by atoms with van der Waals surface area (Å²) in [4.78, 5) is 27.8. The van der Waals surface area contributed by atoms with Gasteiger partial charge in [-0.05, 0) is 0 Å². The lowest BCUT2D eigenvalue weighted by Crippen LogP contribution is -2.16. The van der Waals surface area contributed by atoms with E-state index in [0.29, 0.717) is 15.7 Å². The lowest BCUT2D eigenvalue weighted by atomic mass is 10.1. The van der Waals surface area contributed by atoms with E-state index in [1.54, 1.807) is 13.8 Å². The fraction of sp³-hybridized carbons (Fsp3) is 0.333. The second-order valence-electron chi connectivity index (χ2n) is 4.63. The molecule has 0 aliphatic rings. The number of carbonyl (C=O) groups excluding carboxylic acids is 2. The van der Waals surface area contributed by atoms with Gasteiger partial charge in [0, 0.05) is 5.92 Å². The molecule has 0 atom stereocenters. The molecule has 21 heavy (non-hydrogen) atoms. The van der Waals surface area contributed by atoms with E-state index in [0.717, 1.165) is 11.3 Å². The van der Waals surface area contributed by atoms with Crippen LogP contribution in [0.25, 0.3) is 0 Å². The number of thiophene rings is 1. The topological polar surface area (TPSA) is 137 Å². The van der Waals surface area contributed by atoms with Crippen molar-refractivity contribution in [1.29, 1.82) is 0 Å². The maximum absolute atomic E-state index is 12.1. The number of ketones is 1. The third-order valence-electron chi connectivity index (χ3n) is 2.75. The van der Waals surface area contributed by atoms with Gasteiger partial charge in [-0.25, -0.2) is 0 Å². The average Bonchev–Trinajstić information content (AvgIpc) is 3.02. The van der Waals surface area contributed by atoms with Crippen LogP contribution in [0.4, 0.5) is 10.7 Å². The van der Waals surface area contributed by atoms with E-state index < -0.39 is 5.91 Å². The third-order valence-corrected chi connectivity index (χ3v) is 3.93. The number of nitrogens with one attached hydrogen (secondary N) is 1. The predicted octanol–water partition coefficient (Wildman–Crippen LogP) is 1.26. The van der Waals surface area contributed by atoms with Crippen molar-refractivity contribution in [2.24, 2.45) is 11.7 Å². The Kier molecular flexibility index (Phi) is 4.22. The molecule has 0 bridgehead atoms. The molecule has 2 rings (SSSR count). The molecule has 0 saturated carbocycles. The highest BCUT2D eigenvalue weighted by Gasteiger charge is 2.25. The molecule has 0 saturated heterocycles. The minimum absolute atomic E-state index is 0.113. The van der Waals surface area contributed by atoms with Gasteiger partial charge in [0.1, 0.15) is 5.00 Å². The van der Waals surface area contributed by atoms with Crippen molar-refractivity contribution in [2.75, 3.05) is 11.1 Å². The van der Waals surface area contributed by atoms with Gasteiger partial charge in [-0.2, -0.15) is 4.98 Å². The van der Waals surface area contributed by atoms with Crippen LogP contribution in [0.1, 0.15) is 39.7 Å². The second-order valence-corrected chi connectivity index (χ2v) is 5.65. The Balaban J connectivity index is 2.33. The summed E-state index contributed by atoms with van der Waals surface area (Å²) < 4.78 is 4.61. The number of amides is 1. The normalized spacial score (nSPS) is 10.8. The SMILES string of the molecule is CC(C)C(=O)c1sc(NCc2ncon2)c(C(N)=O)c1N. The Morgan fingerprint density at radius 2 is 2.19 bits per heavy atom. The molecule has 0 spiro atoms. The van der Waals surface area contributed by atoms with Crippen molar-refractivity contribution in [3.63, 3.8) is 0 Å². The van der Waals surface area contributed by atoms with Gasteiger partial charge in [-0.3, -0.25) is 9.59 Å². The fourth-order valence-electron chi connectivity index (χ4n) is 1.69. The monoisotopic (exact) mass is 309 g/mol. The number of carbonyl (C=O) groups is 2. The van der Waals surface area contributed by atoms with Gasteiger partial charge >= 0.3 is 0 Å². The molecule has 112 valence electrons. The van der Waals surface area contributed by atoms with Crippen molar-refractivity contribution in [2.45, 2.75) is 20.4 Å². The summed E-state index contributed by atoms with van der Waals surface area (Å²) >= 11 is 1.10. The van der Waals surface area contributed by atoms with Crippen LogP contribution in [0.2, 0.25) is 0 Å². The number of nitrogen functional groups attached to an aromatic ring is 1. The molecule has 0 aromatic carbocycles. The summed E-state index contributed by atoms with van der Waals surface area (Å²) in [6, 6.07) is 0. The number of hydrogen-bond donors (Lipinski definition) is 3. The summed E-state index contributed by atoms with van der Waals surface area (Å²) in [7, 11) is 0. The van der Waals surface area contributed by atoms with Crippen LogP contribution in [0.15, 0.2) is 10.9 Å². The summed E-state index contributed by atoms with van der Waals surface area (Å²) in [6.07, 6.45) is 1.20. The Morgan fingerprint density at radius 3 is 2.71 bits per heavy atom. The van der Waals surface area contributed by atoms with Gasteiger partial charge in [0.25, 0.3) is 5.91 Å². The molecule has 0 fully saturated rings. The fourth-order valence-corrected chi connectivity index (χ4v) is 2.90. The molecular formula is C12H15N5O3S. The number of Topliss-reactive ketones (excluding diaryl/α,β-unsaturated/α-hetero) is 1. The Bertz CT molecular complexity index is 663. The Labute approximate surface area is 124 Å². The maximum atomic E-state index is 12.1. The number of primary amides is 1. The van der Waals surface area contributed by atoms with Gasteiger partial charge in [0.05, 0.1) is 22.7 Å². The highest BCUT2D eigenvalue weighted by Crippen LogP contribution is 2.37. The molecule has 9 heteroatoms. The van der Waals surface area contributed by atoms with Crippen LogP contribution in [0, 0.1) is 5.92 Å². The predicted molar refractivity (Wildman–Crippen MR) is 78.0 cm³/mol. The van der Waals surface area contributed by atoms with E-state index in [4.69, 9.17) is 11.5 Å². The van der Waals surface area contributed by atoms with E-state index in [9.17, 15) is 9.59 Å². The van der Waals surface area contributed by atoms with Crippen molar-refractivity contribution in [3.8, 4) is 0 Å². The largest absolute Gasteiger partial charge is 0.397 e. The lowest BCUT2D eigenvalue weighted by molar-refractivity contribution is 0.0944. The minimum Gasteiger partial charge on any atom is -0.397 e. The lowest BCUT2D eigenvalue weighted by Gasteiger charge is -2.03. The summed E-state index contributed by atoms with van der Waals surface area (Å²) in [5, 5.41) is 7.02. The molecule has 0 radical (unpaired) electrons. The van der Waals surface area contributed by atoms with Gasteiger partial charge in [0.15, 0.2) is 11.6 Å². The zero-order chi connectivity index (χ0) is 15.6. The number of nitrogens with two attached hydrogens (primary N) is 2. The van der Waals surface area contributed by atoms with Crippen molar-refractivity contribution in [3.05, 3.63) is 22.7 Å². The number of aromatic nitrogens is 2. The van der Waals surface area contributed by atoms with Crippen molar-refractivity contribution >= 4 is 33.7 Å². The first-order chi connectivity index (χ1) is 9.91. The highest BCUT2D eigenvalue weighted by atomic mass is 32.1. The Hall–Kier alpha value is -2.42. The highest BCUT2D eigenvalue weighted by molar-refractivity contribution is 7.19. The van der Waals surface area contributed by atoms with Crippen molar-refractivity contribution < 1.29 is 14.1 Å². The van der Waals surface area contributed by atoms with E-state index in [-0.39, 0.29) is 29.5 Å². The molecule has 0 aliphatic carbocycles. The van der Waals surface area contributed by atoms with Gasteiger partial charge < -0.3 is 21.3 Å². The summed E-state index contributed by atoms with van der Waals surface area (Å²) in [5.74, 6) is -0.638. The third kappa shape index (κ3) is 3.02. The van der Waals surface area contributed by atoms with E-state index >= 15 is 0 Å². The quantitative estimate of drug-likeness (QED) is 0.683. The molecule has 0 unspecified atom stereocenters. The molecule has 2 heterocycles. The summed E-state index contributed by atoms with van der Waals surface area (Å²) in [5.41, 5.74) is 11.5. The molecule has 5 N–H and O–H groups in total. The van der Waals surface area contributed by atoms with Crippen LogP contribution >= 0.6 is 11.3 Å². The van der Waals surface area contributed by atoms with E-state index in [1.807, 2.05) is 0 Å². The first-order valence-electron chi connectivity index (χ1n) is 6.17. The maximum Gasteiger partial charge on any atom is 0.253 e. The molecular weight excluding hydrogens is 294 g/mol. The Morgan fingerprint density at radius 1 is 1.48 bits per heavy atom. The van der Waals surface area contributed by atoms with Crippen LogP contribution in [-0.4, -0.2) is 21.8 Å². The van der Waals surface area contributed by atoms with Gasteiger partial charge in [-0.15, -0.1) is 11.3 Å². The first-order valence-corrected chi connectivity index (χ1v) is 6.98. The first kappa shape index (κ1) is 15.0. The molecule has 2 aromatic heterocycles. The molecule has 1 amide bonds. The van der Waals surface area contributed by atoms with Crippen LogP contribution in [0.5, 0.6) is 0 Å². The average molecular weight is 309 g/mol. The van der Waals surface area contributed by atoms with Gasteiger partial charge in [0.2, 0.25) is 6.39 Å². The smallest absolute Gasteiger partial charge is 0.253 e. The number of rotatable bonds is 6. The number of anilines is 2. The minimum atomic E-state index is -0.692. The van der Waals surface area contributed by atoms with E-state index in [2.05, 4.69) is 20.0 Å². The van der Waals surface area contributed by atoms with Crippen LogP contribution < -0.4 is 16.8 Å². The number of hydrogen-bond acceptors (Lipinski definition) is 8. The zero-order valence-corrected chi connectivity index (χ0v) is 12.4. The standard InChI is InChI=1S/C12H15N5O3S/c1-5(2)9(18)10-8(13)7(11(14)19)12(21-10)15-3-6-16-4-20-17-6/h4-5,15H,3,13H2,1-2H3,(H2,14,19). The molecule has 2 aromatic rings. The molecule has 0 aliphatic heterocycles. The van der Waals surface area contributed by atoms with Crippen molar-refractivity contribution in [1.82, 2.24) is 10.1 Å². The molecule has 8 nitrogen and oxygen atoms in total. The van der Waals surface area contributed by atoms with Crippen LogP contribution in [-0.2, 0) is 6.54 Å².